The minimum atomic E-state index is -2.96. The molecule has 1 aromatic heterocycles. The van der Waals surface area contributed by atoms with Crippen molar-refractivity contribution in [2.45, 2.75) is 0 Å². The van der Waals surface area contributed by atoms with Crippen LogP contribution in [-0.2, 0) is 16.9 Å². The molecule has 0 saturated heterocycles. The maximum atomic E-state index is 11.1. The SMILES string of the molecule is Cn1ncc(Cl)c1-c1cc(N)ccc1OCCNCCS(C)(=O)=O. The first kappa shape index (κ1) is 18.6. The van der Waals surface area contributed by atoms with E-state index in [-0.39, 0.29) is 5.75 Å². The molecule has 0 aliphatic heterocycles. The highest BCUT2D eigenvalue weighted by molar-refractivity contribution is 7.90. The van der Waals surface area contributed by atoms with E-state index in [1.807, 2.05) is 0 Å². The quantitative estimate of drug-likeness (QED) is 0.535. The van der Waals surface area contributed by atoms with Crippen molar-refractivity contribution in [1.82, 2.24) is 15.1 Å². The molecule has 24 heavy (non-hydrogen) atoms. The van der Waals surface area contributed by atoms with Gasteiger partial charge in [0.15, 0.2) is 0 Å². The molecule has 0 aliphatic carbocycles. The van der Waals surface area contributed by atoms with Gasteiger partial charge in [-0.25, -0.2) is 8.42 Å². The predicted molar refractivity (Wildman–Crippen MR) is 96.1 cm³/mol. The fourth-order valence-electron chi connectivity index (χ4n) is 2.19. The standard InChI is InChI=1S/C15H21ClN4O3S/c1-20-15(13(16)10-19-20)12-9-11(17)3-4-14(12)23-7-5-18-6-8-24(2,21)22/h3-4,9-10,18H,5-8,17H2,1-2H3. The molecule has 0 atom stereocenters. The van der Waals surface area contributed by atoms with E-state index in [1.165, 1.54) is 6.26 Å². The minimum absolute atomic E-state index is 0.102. The number of halogens is 1. The van der Waals surface area contributed by atoms with E-state index in [0.717, 1.165) is 11.3 Å². The molecule has 0 radical (unpaired) electrons. The highest BCUT2D eigenvalue weighted by atomic mass is 35.5. The number of rotatable bonds is 8. The number of nitrogen functional groups attached to an aromatic ring is 1. The number of nitrogens with two attached hydrogens (primary N) is 1. The first-order chi connectivity index (χ1) is 11.3. The minimum Gasteiger partial charge on any atom is -0.492 e. The van der Waals surface area contributed by atoms with E-state index in [2.05, 4.69) is 10.4 Å². The molecule has 0 saturated carbocycles. The highest BCUT2D eigenvalue weighted by Crippen LogP contribution is 2.35. The van der Waals surface area contributed by atoms with Crippen molar-refractivity contribution < 1.29 is 13.2 Å². The van der Waals surface area contributed by atoms with Gasteiger partial charge in [-0.2, -0.15) is 5.10 Å². The van der Waals surface area contributed by atoms with Crippen LogP contribution in [0.5, 0.6) is 5.75 Å². The van der Waals surface area contributed by atoms with Crippen molar-refractivity contribution in [3.8, 4) is 17.0 Å². The van der Waals surface area contributed by atoms with E-state index in [4.69, 9.17) is 22.1 Å². The zero-order chi connectivity index (χ0) is 17.7. The van der Waals surface area contributed by atoms with E-state index in [0.29, 0.717) is 36.2 Å². The van der Waals surface area contributed by atoms with Crippen LogP contribution in [0, 0.1) is 0 Å². The summed E-state index contributed by atoms with van der Waals surface area (Å²) in [6, 6.07) is 5.32. The summed E-state index contributed by atoms with van der Waals surface area (Å²) in [5, 5.41) is 7.67. The molecule has 2 aromatic rings. The lowest BCUT2D eigenvalue weighted by atomic mass is 10.1. The normalized spacial score (nSPS) is 11.6. The summed E-state index contributed by atoms with van der Waals surface area (Å²) in [7, 11) is -1.16. The van der Waals surface area contributed by atoms with Gasteiger partial charge >= 0.3 is 0 Å². The van der Waals surface area contributed by atoms with Crippen LogP contribution < -0.4 is 15.8 Å². The Morgan fingerprint density at radius 2 is 2.12 bits per heavy atom. The lowest BCUT2D eigenvalue weighted by Crippen LogP contribution is -2.26. The Morgan fingerprint density at radius 1 is 1.38 bits per heavy atom. The van der Waals surface area contributed by atoms with Crippen LogP contribution in [-0.4, -0.2) is 49.9 Å². The molecule has 132 valence electrons. The summed E-state index contributed by atoms with van der Waals surface area (Å²) in [6.45, 7) is 1.30. The Labute approximate surface area is 146 Å². The second-order valence-corrected chi connectivity index (χ2v) is 8.12. The summed E-state index contributed by atoms with van der Waals surface area (Å²) in [4.78, 5) is 0. The van der Waals surface area contributed by atoms with Crippen LogP contribution in [0.4, 0.5) is 5.69 Å². The Bertz CT molecular complexity index is 786. The van der Waals surface area contributed by atoms with E-state index in [9.17, 15) is 8.42 Å². The van der Waals surface area contributed by atoms with Gasteiger partial charge in [-0.3, -0.25) is 4.68 Å². The molecule has 1 aromatic carbocycles. The number of nitrogens with one attached hydrogen (secondary N) is 1. The molecule has 1 heterocycles. The molecule has 0 amide bonds. The maximum absolute atomic E-state index is 11.1. The fourth-order valence-corrected chi connectivity index (χ4v) is 2.97. The summed E-state index contributed by atoms with van der Waals surface area (Å²) in [5.74, 6) is 0.740. The van der Waals surface area contributed by atoms with Crippen molar-refractivity contribution in [3.05, 3.63) is 29.4 Å². The third-order valence-electron chi connectivity index (χ3n) is 3.34. The molecule has 0 aliphatic rings. The van der Waals surface area contributed by atoms with Crippen LogP contribution >= 0.6 is 11.6 Å². The Kier molecular flexibility index (Phi) is 6.09. The maximum Gasteiger partial charge on any atom is 0.148 e. The zero-order valence-electron chi connectivity index (χ0n) is 13.6. The largest absolute Gasteiger partial charge is 0.492 e. The van der Waals surface area contributed by atoms with Gasteiger partial charge in [0, 0.05) is 37.6 Å². The topological polar surface area (TPSA) is 99.2 Å². The van der Waals surface area contributed by atoms with Crippen molar-refractivity contribution in [2.75, 3.05) is 37.4 Å². The summed E-state index contributed by atoms with van der Waals surface area (Å²) in [6.07, 6.45) is 2.78. The monoisotopic (exact) mass is 372 g/mol. The number of anilines is 1. The molecule has 0 spiro atoms. The van der Waals surface area contributed by atoms with Crippen LogP contribution in [0.25, 0.3) is 11.3 Å². The number of ether oxygens (including phenoxy) is 1. The zero-order valence-corrected chi connectivity index (χ0v) is 15.2. The number of benzene rings is 1. The first-order valence-electron chi connectivity index (χ1n) is 7.36. The first-order valence-corrected chi connectivity index (χ1v) is 9.80. The Hall–Kier alpha value is -1.77. The Morgan fingerprint density at radius 3 is 2.75 bits per heavy atom. The van der Waals surface area contributed by atoms with Gasteiger partial charge < -0.3 is 15.8 Å². The van der Waals surface area contributed by atoms with Crippen LogP contribution in [0.3, 0.4) is 0 Å². The number of aromatic nitrogens is 2. The summed E-state index contributed by atoms with van der Waals surface area (Å²) >= 11 is 6.20. The summed E-state index contributed by atoms with van der Waals surface area (Å²) < 4.78 is 29.6. The lowest BCUT2D eigenvalue weighted by Gasteiger charge is -2.13. The van der Waals surface area contributed by atoms with Gasteiger partial charge in [-0.05, 0) is 18.2 Å². The molecule has 2 rings (SSSR count). The molecule has 0 fully saturated rings. The molecule has 0 unspecified atom stereocenters. The number of hydrogen-bond donors (Lipinski definition) is 2. The third-order valence-corrected chi connectivity index (χ3v) is 4.56. The third kappa shape index (κ3) is 5.12. The van der Waals surface area contributed by atoms with Gasteiger partial charge in [0.2, 0.25) is 0 Å². The van der Waals surface area contributed by atoms with Crippen molar-refractivity contribution in [2.24, 2.45) is 7.05 Å². The number of hydrogen-bond acceptors (Lipinski definition) is 6. The number of aryl methyl sites for hydroxylation is 1. The summed E-state index contributed by atoms with van der Waals surface area (Å²) in [5.41, 5.74) is 7.96. The molecule has 3 N–H and O–H groups in total. The number of nitrogens with zero attached hydrogens (tertiary/aromatic N) is 2. The smallest absolute Gasteiger partial charge is 0.148 e. The van der Waals surface area contributed by atoms with Crippen molar-refractivity contribution in [3.63, 3.8) is 0 Å². The molecular weight excluding hydrogens is 352 g/mol. The van der Waals surface area contributed by atoms with E-state index >= 15 is 0 Å². The van der Waals surface area contributed by atoms with Crippen LogP contribution in [0.1, 0.15) is 0 Å². The average Bonchev–Trinajstić information content (AvgIpc) is 2.82. The van der Waals surface area contributed by atoms with Gasteiger partial charge in [0.05, 0.1) is 22.7 Å². The lowest BCUT2D eigenvalue weighted by molar-refractivity contribution is 0.316. The molecular formula is C15H21ClN4O3S. The van der Waals surface area contributed by atoms with E-state index < -0.39 is 9.84 Å². The van der Waals surface area contributed by atoms with Gasteiger partial charge in [-0.15, -0.1) is 0 Å². The van der Waals surface area contributed by atoms with Gasteiger partial charge in [0.1, 0.15) is 22.2 Å². The average molecular weight is 373 g/mol. The van der Waals surface area contributed by atoms with Crippen molar-refractivity contribution >= 4 is 27.1 Å². The van der Waals surface area contributed by atoms with Crippen molar-refractivity contribution in [1.29, 1.82) is 0 Å². The molecule has 7 nitrogen and oxygen atoms in total. The second-order valence-electron chi connectivity index (χ2n) is 5.45. The van der Waals surface area contributed by atoms with Gasteiger partial charge in [0.25, 0.3) is 0 Å². The second kappa shape index (κ2) is 7.87. The molecule has 0 bridgehead atoms. The van der Waals surface area contributed by atoms with Gasteiger partial charge in [-0.1, -0.05) is 11.6 Å². The highest BCUT2D eigenvalue weighted by Gasteiger charge is 2.15. The fraction of sp³-hybridized carbons (Fsp3) is 0.400. The number of sulfone groups is 1. The predicted octanol–water partition coefficient (Wildman–Crippen LogP) is 1.34. The van der Waals surface area contributed by atoms with Crippen LogP contribution in [0.2, 0.25) is 5.02 Å². The van der Waals surface area contributed by atoms with Crippen LogP contribution in [0.15, 0.2) is 24.4 Å². The Balaban J connectivity index is 2.01. The molecule has 9 heteroatoms. The van der Waals surface area contributed by atoms with E-state index in [1.54, 1.807) is 36.1 Å².